The molecule has 1 N–H and O–H groups in total. The molecule has 0 radical (unpaired) electrons. The summed E-state index contributed by atoms with van der Waals surface area (Å²) in [6.45, 7) is 2.80. The van der Waals surface area contributed by atoms with E-state index in [2.05, 4.69) is 32.2 Å². The first-order chi connectivity index (χ1) is 15.5. The number of carbonyl (C=O) groups excluding carboxylic acids is 2. The van der Waals surface area contributed by atoms with Gasteiger partial charge < -0.3 is 14.8 Å². The number of ketones is 1. The van der Waals surface area contributed by atoms with Crippen LogP contribution in [-0.4, -0.2) is 44.6 Å². The van der Waals surface area contributed by atoms with E-state index in [0.29, 0.717) is 24.3 Å². The number of rotatable bonds is 6. The van der Waals surface area contributed by atoms with Gasteiger partial charge in [0.25, 0.3) is 0 Å². The second-order valence-electron chi connectivity index (χ2n) is 8.03. The fourth-order valence-electron chi connectivity index (χ4n) is 3.92. The first-order valence-corrected chi connectivity index (χ1v) is 11.7. The number of nitrogens with one attached hydrogen (secondary N) is 1. The standard InChI is InChI=1S/C24H27N5O2S/c1-17(30)19-10-6-12-21(14-19)25-23(31)29-13-7-11-20(15-29)22-26-27-24(28(22)2)32-16-18-8-4-3-5-9-18/h3-6,8-10,12,14,20H,7,11,13,15-16H2,1-2H3,(H,25,31)/t20-/m0/s1. The molecule has 1 aliphatic heterocycles. The van der Waals surface area contributed by atoms with Gasteiger partial charge in [-0.1, -0.05) is 54.2 Å². The number of urea groups is 1. The van der Waals surface area contributed by atoms with Crippen LogP contribution in [0.3, 0.4) is 0 Å². The Morgan fingerprint density at radius 2 is 1.94 bits per heavy atom. The van der Waals surface area contributed by atoms with E-state index in [9.17, 15) is 9.59 Å². The highest BCUT2D eigenvalue weighted by Crippen LogP contribution is 2.29. The van der Waals surface area contributed by atoms with E-state index in [4.69, 9.17) is 0 Å². The number of benzene rings is 2. The van der Waals surface area contributed by atoms with Crippen molar-refractivity contribution in [1.29, 1.82) is 0 Å². The molecule has 3 aromatic rings. The van der Waals surface area contributed by atoms with E-state index in [-0.39, 0.29) is 17.7 Å². The van der Waals surface area contributed by atoms with Crippen LogP contribution in [0.2, 0.25) is 0 Å². The second kappa shape index (κ2) is 9.99. The molecule has 1 fully saturated rings. The van der Waals surface area contributed by atoms with Gasteiger partial charge in [-0.25, -0.2) is 4.79 Å². The Hall–Kier alpha value is -3.13. The average Bonchev–Trinajstić information content (AvgIpc) is 3.19. The smallest absolute Gasteiger partial charge is 0.321 e. The zero-order chi connectivity index (χ0) is 22.5. The van der Waals surface area contributed by atoms with E-state index >= 15 is 0 Å². The number of thioether (sulfide) groups is 1. The lowest BCUT2D eigenvalue weighted by molar-refractivity contribution is 0.101. The van der Waals surface area contributed by atoms with Gasteiger partial charge in [0.1, 0.15) is 5.82 Å². The van der Waals surface area contributed by atoms with E-state index in [1.807, 2.05) is 30.1 Å². The molecule has 0 spiro atoms. The van der Waals surface area contributed by atoms with Gasteiger partial charge >= 0.3 is 6.03 Å². The minimum atomic E-state index is -0.156. The molecular weight excluding hydrogens is 422 g/mol. The molecule has 0 aliphatic carbocycles. The molecule has 1 atom stereocenters. The Labute approximate surface area is 192 Å². The number of piperidine rings is 1. The summed E-state index contributed by atoms with van der Waals surface area (Å²) in [5.74, 6) is 1.87. The summed E-state index contributed by atoms with van der Waals surface area (Å²) in [6.07, 6.45) is 1.88. The number of aromatic nitrogens is 3. The molecule has 0 unspecified atom stereocenters. The van der Waals surface area contributed by atoms with Crippen LogP contribution in [0.4, 0.5) is 10.5 Å². The largest absolute Gasteiger partial charge is 0.324 e. The van der Waals surface area contributed by atoms with Crippen LogP contribution in [0.15, 0.2) is 59.8 Å². The third-order valence-electron chi connectivity index (χ3n) is 5.67. The number of hydrogen-bond acceptors (Lipinski definition) is 5. The van der Waals surface area contributed by atoms with Gasteiger partial charge in [-0.2, -0.15) is 0 Å². The maximum absolute atomic E-state index is 12.9. The molecular formula is C24H27N5O2S. The van der Waals surface area contributed by atoms with Crippen LogP contribution in [-0.2, 0) is 12.8 Å². The van der Waals surface area contributed by atoms with Gasteiger partial charge in [0.2, 0.25) is 0 Å². The van der Waals surface area contributed by atoms with E-state index in [1.165, 1.54) is 12.5 Å². The van der Waals surface area contributed by atoms with Gasteiger partial charge in [-0.3, -0.25) is 4.79 Å². The van der Waals surface area contributed by atoms with Crippen LogP contribution in [0.5, 0.6) is 0 Å². The normalized spacial score (nSPS) is 16.1. The lowest BCUT2D eigenvalue weighted by Crippen LogP contribution is -2.42. The summed E-state index contributed by atoms with van der Waals surface area (Å²) in [5.41, 5.74) is 2.46. The maximum Gasteiger partial charge on any atom is 0.321 e. The molecule has 8 heteroatoms. The van der Waals surface area contributed by atoms with Crippen LogP contribution >= 0.6 is 11.8 Å². The minimum absolute atomic E-state index is 0.0256. The Kier molecular flexibility index (Phi) is 6.90. The lowest BCUT2D eigenvalue weighted by Gasteiger charge is -2.32. The summed E-state index contributed by atoms with van der Waals surface area (Å²) < 4.78 is 2.05. The summed E-state index contributed by atoms with van der Waals surface area (Å²) in [6, 6.07) is 17.2. The second-order valence-corrected chi connectivity index (χ2v) is 8.97. The van der Waals surface area contributed by atoms with Crippen molar-refractivity contribution in [2.75, 3.05) is 18.4 Å². The molecule has 7 nitrogen and oxygen atoms in total. The molecule has 32 heavy (non-hydrogen) atoms. The van der Waals surface area contributed by atoms with Crippen molar-refractivity contribution < 1.29 is 9.59 Å². The van der Waals surface area contributed by atoms with Crippen molar-refractivity contribution in [3.05, 3.63) is 71.5 Å². The number of hydrogen-bond donors (Lipinski definition) is 1. The topological polar surface area (TPSA) is 80.1 Å². The van der Waals surface area contributed by atoms with Crippen molar-refractivity contribution in [3.8, 4) is 0 Å². The lowest BCUT2D eigenvalue weighted by atomic mass is 9.97. The van der Waals surface area contributed by atoms with Gasteiger partial charge in [-0.05, 0) is 37.5 Å². The number of likely N-dealkylation sites (tertiary alicyclic amines) is 1. The summed E-state index contributed by atoms with van der Waals surface area (Å²) in [5, 5.41) is 12.7. The van der Waals surface area contributed by atoms with Crippen LogP contribution in [0, 0.1) is 0 Å². The first-order valence-electron chi connectivity index (χ1n) is 10.7. The highest BCUT2D eigenvalue weighted by Gasteiger charge is 2.28. The fourth-order valence-corrected chi connectivity index (χ4v) is 4.79. The van der Waals surface area contributed by atoms with Crippen molar-refractivity contribution in [2.24, 2.45) is 7.05 Å². The van der Waals surface area contributed by atoms with Gasteiger partial charge in [0.15, 0.2) is 10.9 Å². The molecule has 4 rings (SSSR count). The number of anilines is 1. The Balaban J connectivity index is 1.39. The first kappa shape index (κ1) is 22.1. The minimum Gasteiger partial charge on any atom is -0.324 e. The summed E-state index contributed by atoms with van der Waals surface area (Å²) in [7, 11) is 1.99. The number of Topliss-reactive ketones (excluding diaryl/α,β-unsaturated/α-hetero) is 1. The number of carbonyl (C=O) groups is 2. The Bertz CT molecular complexity index is 1100. The van der Waals surface area contributed by atoms with E-state index in [0.717, 1.165) is 29.6 Å². The molecule has 1 saturated heterocycles. The Morgan fingerprint density at radius 1 is 1.12 bits per heavy atom. The van der Waals surface area contributed by atoms with Gasteiger partial charge in [-0.15, -0.1) is 10.2 Å². The van der Waals surface area contributed by atoms with Crippen LogP contribution in [0.1, 0.15) is 47.4 Å². The fraction of sp³-hybridized carbons (Fsp3) is 0.333. The van der Waals surface area contributed by atoms with Gasteiger partial charge in [0, 0.05) is 43.1 Å². The third-order valence-corrected chi connectivity index (χ3v) is 6.76. The predicted molar refractivity (Wildman–Crippen MR) is 126 cm³/mol. The molecule has 0 bridgehead atoms. The van der Waals surface area contributed by atoms with Crippen molar-refractivity contribution >= 4 is 29.3 Å². The predicted octanol–water partition coefficient (Wildman–Crippen LogP) is 4.72. The number of nitrogens with zero attached hydrogens (tertiary/aromatic N) is 4. The third kappa shape index (κ3) is 5.19. The molecule has 2 amide bonds. The quantitative estimate of drug-likeness (QED) is 0.435. The summed E-state index contributed by atoms with van der Waals surface area (Å²) >= 11 is 1.67. The van der Waals surface area contributed by atoms with Crippen molar-refractivity contribution in [1.82, 2.24) is 19.7 Å². The van der Waals surface area contributed by atoms with Crippen LogP contribution < -0.4 is 5.32 Å². The zero-order valence-electron chi connectivity index (χ0n) is 18.3. The molecule has 2 heterocycles. The zero-order valence-corrected chi connectivity index (χ0v) is 19.1. The van der Waals surface area contributed by atoms with E-state index in [1.54, 1.807) is 36.0 Å². The summed E-state index contributed by atoms with van der Waals surface area (Å²) in [4.78, 5) is 26.3. The SMILES string of the molecule is CC(=O)c1cccc(NC(=O)N2CCC[C@H](c3nnc(SCc4ccccc4)n3C)C2)c1. The average molecular weight is 450 g/mol. The van der Waals surface area contributed by atoms with E-state index < -0.39 is 0 Å². The molecule has 0 saturated carbocycles. The molecule has 1 aliphatic rings. The molecule has 2 aromatic carbocycles. The highest BCUT2D eigenvalue weighted by molar-refractivity contribution is 7.98. The highest BCUT2D eigenvalue weighted by atomic mass is 32.2. The monoisotopic (exact) mass is 449 g/mol. The van der Waals surface area contributed by atoms with Crippen molar-refractivity contribution in [2.45, 2.75) is 36.6 Å². The van der Waals surface area contributed by atoms with Gasteiger partial charge in [0.05, 0.1) is 0 Å². The number of amides is 2. The van der Waals surface area contributed by atoms with Crippen molar-refractivity contribution in [3.63, 3.8) is 0 Å². The maximum atomic E-state index is 12.9. The Morgan fingerprint density at radius 3 is 2.72 bits per heavy atom. The van der Waals surface area contributed by atoms with Crippen LogP contribution in [0.25, 0.3) is 0 Å². The molecule has 1 aromatic heterocycles. The molecule has 166 valence electrons.